The lowest BCUT2D eigenvalue weighted by atomic mass is 9.97. The Bertz CT molecular complexity index is 235. The number of carboxylic acids is 1. The highest BCUT2D eigenvalue weighted by atomic mass is 16.5. The van der Waals surface area contributed by atoms with E-state index in [0.29, 0.717) is 19.6 Å². The fourth-order valence-electron chi connectivity index (χ4n) is 1.94. The second-order valence-corrected chi connectivity index (χ2v) is 3.52. The second kappa shape index (κ2) is 3.12. The molecule has 1 saturated heterocycles. The summed E-state index contributed by atoms with van der Waals surface area (Å²) in [5.74, 6) is -0.756. The first-order valence-electron chi connectivity index (χ1n) is 4.47. The molecule has 2 rings (SSSR count). The van der Waals surface area contributed by atoms with Crippen LogP contribution in [0.2, 0.25) is 0 Å². The largest absolute Gasteiger partial charge is 0.480 e. The summed E-state index contributed by atoms with van der Waals surface area (Å²) >= 11 is 0. The zero-order valence-electron chi connectivity index (χ0n) is 7.40. The van der Waals surface area contributed by atoms with Gasteiger partial charge in [0.05, 0.1) is 6.61 Å². The molecular formula is C9H13NO3. The molecule has 1 atom stereocenters. The van der Waals surface area contributed by atoms with Gasteiger partial charge in [0.1, 0.15) is 5.54 Å². The fourth-order valence-corrected chi connectivity index (χ4v) is 1.94. The monoisotopic (exact) mass is 183 g/mol. The number of hydrogen-bond donors (Lipinski definition) is 1. The highest BCUT2D eigenvalue weighted by Gasteiger charge is 2.47. The summed E-state index contributed by atoms with van der Waals surface area (Å²) in [4.78, 5) is 13.1. The molecule has 4 heteroatoms. The van der Waals surface area contributed by atoms with Crippen LogP contribution in [0.15, 0.2) is 12.2 Å². The van der Waals surface area contributed by atoms with Gasteiger partial charge in [-0.1, -0.05) is 12.2 Å². The Morgan fingerprint density at radius 3 is 2.62 bits per heavy atom. The van der Waals surface area contributed by atoms with Gasteiger partial charge in [-0.25, -0.2) is 0 Å². The molecule has 4 nitrogen and oxygen atoms in total. The molecule has 0 bridgehead atoms. The van der Waals surface area contributed by atoms with Crippen LogP contribution < -0.4 is 0 Å². The summed E-state index contributed by atoms with van der Waals surface area (Å²) in [5.41, 5.74) is -0.760. The molecule has 1 unspecified atom stereocenters. The molecule has 0 radical (unpaired) electrons. The van der Waals surface area contributed by atoms with Crippen LogP contribution in [-0.2, 0) is 9.53 Å². The Balaban J connectivity index is 2.17. The first kappa shape index (κ1) is 8.72. The van der Waals surface area contributed by atoms with Gasteiger partial charge in [-0.15, -0.1) is 0 Å². The van der Waals surface area contributed by atoms with E-state index in [1.807, 2.05) is 17.1 Å². The number of nitrogens with zero attached hydrogens (tertiary/aromatic N) is 1. The van der Waals surface area contributed by atoms with E-state index in [1.165, 1.54) is 0 Å². The molecule has 72 valence electrons. The van der Waals surface area contributed by atoms with Crippen LogP contribution in [0, 0.1) is 0 Å². The smallest absolute Gasteiger partial charge is 0.326 e. The summed E-state index contributed by atoms with van der Waals surface area (Å²) in [6.45, 7) is 2.35. The Kier molecular flexibility index (Phi) is 2.09. The van der Waals surface area contributed by atoms with Crippen molar-refractivity contribution in [2.24, 2.45) is 0 Å². The van der Waals surface area contributed by atoms with E-state index >= 15 is 0 Å². The molecule has 2 heterocycles. The van der Waals surface area contributed by atoms with Crippen molar-refractivity contribution < 1.29 is 14.6 Å². The average molecular weight is 183 g/mol. The summed E-state index contributed by atoms with van der Waals surface area (Å²) in [6, 6.07) is 0. The first-order chi connectivity index (χ1) is 6.26. The van der Waals surface area contributed by atoms with Crippen LogP contribution in [0.4, 0.5) is 0 Å². The van der Waals surface area contributed by atoms with Crippen LogP contribution >= 0.6 is 0 Å². The standard InChI is InChI=1S/C9H13NO3/c11-8(12)9(3-6-13-7-9)10-4-1-2-5-10/h1-2H,3-7H2,(H,11,12). The highest BCUT2D eigenvalue weighted by Crippen LogP contribution is 2.28. The maximum absolute atomic E-state index is 11.2. The zero-order valence-corrected chi connectivity index (χ0v) is 7.40. The van der Waals surface area contributed by atoms with E-state index in [1.54, 1.807) is 0 Å². The van der Waals surface area contributed by atoms with E-state index in [9.17, 15) is 9.90 Å². The van der Waals surface area contributed by atoms with E-state index in [2.05, 4.69) is 0 Å². The van der Waals surface area contributed by atoms with Gasteiger partial charge in [-0.05, 0) is 0 Å². The van der Waals surface area contributed by atoms with Gasteiger partial charge in [0.25, 0.3) is 0 Å². The maximum Gasteiger partial charge on any atom is 0.326 e. The lowest BCUT2D eigenvalue weighted by molar-refractivity contribution is -0.150. The van der Waals surface area contributed by atoms with Gasteiger partial charge in [0.15, 0.2) is 0 Å². The predicted molar refractivity (Wildman–Crippen MR) is 46.5 cm³/mol. The molecule has 2 aliphatic rings. The Labute approximate surface area is 76.8 Å². The van der Waals surface area contributed by atoms with Crippen LogP contribution in [0.25, 0.3) is 0 Å². The van der Waals surface area contributed by atoms with Crippen LogP contribution in [0.1, 0.15) is 6.42 Å². The van der Waals surface area contributed by atoms with Crippen molar-refractivity contribution in [3.8, 4) is 0 Å². The third kappa shape index (κ3) is 1.26. The average Bonchev–Trinajstić information content (AvgIpc) is 2.75. The third-order valence-corrected chi connectivity index (χ3v) is 2.82. The molecule has 0 amide bonds. The Morgan fingerprint density at radius 1 is 1.46 bits per heavy atom. The number of aliphatic carboxylic acids is 1. The summed E-state index contributed by atoms with van der Waals surface area (Å²) < 4.78 is 5.18. The minimum atomic E-state index is -0.760. The van der Waals surface area contributed by atoms with Crippen molar-refractivity contribution in [3.05, 3.63) is 12.2 Å². The van der Waals surface area contributed by atoms with E-state index in [4.69, 9.17) is 4.74 Å². The van der Waals surface area contributed by atoms with Gasteiger partial charge in [-0.3, -0.25) is 9.69 Å². The van der Waals surface area contributed by atoms with Crippen molar-refractivity contribution in [2.75, 3.05) is 26.3 Å². The lowest BCUT2D eigenvalue weighted by Crippen LogP contribution is -2.54. The number of carbonyl (C=O) groups is 1. The van der Waals surface area contributed by atoms with Crippen molar-refractivity contribution >= 4 is 5.97 Å². The highest BCUT2D eigenvalue weighted by molar-refractivity contribution is 5.79. The molecule has 0 aliphatic carbocycles. The predicted octanol–water partition coefficient (Wildman–Crippen LogP) is 0.102. The molecule has 13 heavy (non-hydrogen) atoms. The maximum atomic E-state index is 11.2. The van der Waals surface area contributed by atoms with E-state index < -0.39 is 11.5 Å². The fraction of sp³-hybridized carbons (Fsp3) is 0.667. The molecular weight excluding hydrogens is 170 g/mol. The second-order valence-electron chi connectivity index (χ2n) is 3.52. The lowest BCUT2D eigenvalue weighted by Gasteiger charge is -2.32. The summed E-state index contributed by atoms with van der Waals surface area (Å²) in [6.07, 6.45) is 4.61. The number of rotatable bonds is 2. The van der Waals surface area contributed by atoms with Gasteiger partial charge < -0.3 is 9.84 Å². The normalized spacial score (nSPS) is 34.2. The van der Waals surface area contributed by atoms with Crippen LogP contribution in [0.5, 0.6) is 0 Å². The number of ether oxygens (including phenoxy) is 1. The molecule has 2 aliphatic heterocycles. The summed E-state index contributed by atoms with van der Waals surface area (Å²) in [7, 11) is 0. The van der Waals surface area contributed by atoms with Gasteiger partial charge in [0, 0.05) is 26.1 Å². The molecule has 1 N–H and O–H groups in total. The summed E-state index contributed by atoms with van der Waals surface area (Å²) in [5, 5.41) is 9.17. The third-order valence-electron chi connectivity index (χ3n) is 2.82. The van der Waals surface area contributed by atoms with Crippen molar-refractivity contribution in [2.45, 2.75) is 12.0 Å². The molecule has 0 aromatic heterocycles. The Hall–Kier alpha value is -0.870. The Morgan fingerprint density at radius 2 is 2.15 bits per heavy atom. The van der Waals surface area contributed by atoms with Crippen molar-refractivity contribution in [3.63, 3.8) is 0 Å². The number of hydrogen-bond acceptors (Lipinski definition) is 3. The minimum absolute atomic E-state index is 0.323. The topological polar surface area (TPSA) is 49.8 Å². The van der Waals surface area contributed by atoms with E-state index in [0.717, 1.165) is 13.1 Å². The molecule has 0 aromatic rings. The van der Waals surface area contributed by atoms with E-state index in [-0.39, 0.29) is 0 Å². The van der Waals surface area contributed by atoms with Crippen molar-refractivity contribution in [1.82, 2.24) is 4.90 Å². The zero-order chi connectivity index (χ0) is 9.31. The van der Waals surface area contributed by atoms with Crippen LogP contribution in [-0.4, -0.2) is 47.8 Å². The van der Waals surface area contributed by atoms with Gasteiger partial charge >= 0.3 is 5.97 Å². The molecule has 0 spiro atoms. The van der Waals surface area contributed by atoms with Gasteiger partial charge in [-0.2, -0.15) is 0 Å². The minimum Gasteiger partial charge on any atom is -0.480 e. The first-order valence-corrected chi connectivity index (χ1v) is 4.47. The van der Waals surface area contributed by atoms with Gasteiger partial charge in [0.2, 0.25) is 0 Å². The molecule has 1 fully saturated rings. The molecule has 0 aromatic carbocycles. The SMILES string of the molecule is O=C(O)C1(N2CC=CC2)CCOC1. The number of carboxylic acid groups (broad SMARTS) is 1. The van der Waals surface area contributed by atoms with Crippen molar-refractivity contribution in [1.29, 1.82) is 0 Å². The van der Waals surface area contributed by atoms with Crippen LogP contribution in [0.3, 0.4) is 0 Å². The molecule has 0 saturated carbocycles. The quantitative estimate of drug-likeness (QED) is 0.617.